The van der Waals surface area contributed by atoms with E-state index in [2.05, 4.69) is 10.6 Å². The molecule has 8 heteroatoms. The Hall–Kier alpha value is -1.79. The maximum Gasteiger partial charge on any atom is 0.325 e. The van der Waals surface area contributed by atoms with Crippen LogP contribution in [0.2, 0.25) is 10.0 Å². The largest absolute Gasteiger partial charge is 0.325 e. The first-order valence-corrected chi connectivity index (χ1v) is 9.40. The molecular weight excluding hydrogens is 377 g/mol. The first-order valence-electron chi connectivity index (χ1n) is 8.65. The number of carbonyl (C=O) groups excluding carboxylic acids is 3. The quantitative estimate of drug-likeness (QED) is 0.762. The van der Waals surface area contributed by atoms with Crippen LogP contribution in [0.1, 0.15) is 38.2 Å². The van der Waals surface area contributed by atoms with Crippen LogP contribution in [0.15, 0.2) is 12.1 Å². The summed E-state index contributed by atoms with van der Waals surface area (Å²) in [5.41, 5.74) is 0.163. The van der Waals surface area contributed by atoms with Crippen molar-refractivity contribution in [1.29, 1.82) is 0 Å². The van der Waals surface area contributed by atoms with Crippen molar-refractivity contribution in [2.24, 2.45) is 5.92 Å². The Morgan fingerprint density at radius 1 is 1.35 bits per heavy atom. The number of rotatable bonds is 3. The third-order valence-corrected chi connectivity index (χ3v) is 6.15. The molecule has 4 amide bonds. The number of aryl methyl sites for hydroxylation is 1. The fourth-order valence-electron chi connectivity index (χ4n) is 3.73. The molecular formula is C18H21Cl2N3O3. The zero-order valence-electron chi connectivity index (χ0n) is 14.7. The first-order chi connectivity index (χ1) is 12.3. The number of hydrogen-bond acceptors (Lipinski definition) is 3. The van der Waals surface area contributed by atoms with E-state index in [-0.39, 0.29) is 24.1 Å². The molecule has 1 aliphatic heterocycles. The molecule has 1 saturated carbocycles. The third kappa shape index (κ3) is 3.16. The molecule has 1 aliphatic carbocycles. The van der Waals surface area contributed by atoms with Gasteiger partial charge in [0.25, 0.3) is 5.91 Å². The number of anilines is 1. The number of carbonyl (C=O) groups is 3. The van der Waals surface area contributed by atoms with Crippen LogP contribution < -0.4 is 10.6 Å². The van der Waals surface area contributed by atoms with E-state index in [0.717, 1.165) is 29.7 Å². The molecule has 2 aliphatic rings. The summed E-state index contributed by atoms with van der Waals surface area (Å²) in [6.07, 6.45) is 3.40. The van der Waals surface area contributed by atoms with Crippen LogP contribution in [0, 0.1) is 12.8 Å². The fraction of sp³-hybridized carbons (Fsp3) is 0.500. The van der Waals surface area contributed by atoms with Crippen LogP contribution in [-0.4, -0.2) is 34.8 Å². The highest BCUT2D eigenvalue weighted by Gasteiger charge is 2.55. The van der Waals surface area contributed by atoms with E-state index in [1.165, 1.54) is 0 Å². The Balaban J connectivity index is 1.75. The lowest BCUT2D eigenvalue weighted by atomic mass is 9.73. The van der Waals surface area contributed by atoms with E-state index >= 15 is 0 Å². The smallest absolute Gasteiger partial charge is 0.323 e. The van der Waals surface area contributed by atoms with E-state index in [1.807, 2.05) is 6.92 Å². The van der Waals surface area contributed by atoms with Crippen molar-refractivity contribution < 1.29 is 14.4 Å². The van der Waals surface area contributed by atoms with E-state index in [9.17, 15) is 14.4 Å². The molecule has 26 heavy (non-hydrogen) atoms. The number of nitrogens with one attached hydrogen (secondary N) is 2. The molecule has 1 aromatic rings. The van der Waals surface area contributed by atoms with E-state index < -0.39 is 17.5 Å². The van der Waals surface area contributed by atoms with Crippen molar-refractivity contribution in [2.75, 3.05) is 11.9 Å². The number of urea groups is 1. The summed E-state index contributed by atoms with van der Waals surface area (Å²) in [5.74, 6) is -0.809. The van der Waals surface area contributed by atoms with Gasteiger partial charge in [0.1, 0.15) is 12.1 Å². The summed E-state index contributed by atoms with van der Waals surface area (Å²) in [7, 11) is 0. The maximum atomic E-state index is 12.9. The average Bonchev–Trinajstić information content (AvgIpc) is 2.83. The minimum Gasteiger partial charge on any atom is -0.323 e. The van der Waals surface area contributed by atoms with Crippen molar-refractivity contribution >= 4 is 46.7 Å². The topological polar surface area (TPSA) is 78.5 Å². The average molecular weight is 398 g/mol. The summed E-state index contributed by atoms with van der Waals surface area (Å²) in [6.45, 7) is 3.38. The molecule has 1 saturated heterocycles. The summed E-state index contributed by atoms with van der Waals surface area (Å²) in [5, 5.41) is 6.07. The Morgan fingerprint density at radius 3 is 2.77 bits per heavy atom. The van der Waals surface area contributed by atoms with Gasteiger partial charge in [-0.15, -0.1) is 0 Å². The molecule has 2 fully saturated rings. The molecule has 3 rings (SSSR count). The number of halogens is 2. The molecule has 0 aromatic heterocycles. The van der Waals surface area contributed by atoms with Gasteiger partial charge in [-0.2, -0.15) is 0 Å². The maximum absolute atomic E-state index is 12.9. The number of benzene rings is 1. The number of nitrogens with zero attached hydrogens (tertiary/aromatic N) is 1. The molecule has 1 aromatic carbocycles. The summed E-state index contributed by atoms with van der Waals surface area (Å²) >= 11 is 12.3. The highest BCUT2D eigenvalue weighted by atomic mass is 35.5. The van der Waals surface area contributed by atoms with Gasteiger partial charge < -0.3 is 10.6 Å². The predicted molar refractivity (Wildman–Crippen MR) is 100 cm³/mol. The van der Waals surface area contributed by atoms with Gasteiger partial charge in [-0.3, -0.25) is 14.5 Å². The molecule has 2 atom stereocenters. The second-order valence-corrected chi connectivity index (χ2v) is 7.83. The first kappa shape index (κ1) is 19.0. The van der Waals surface area contributed by atoms with Gasteiger partial charge in [-0.25, -0.2) is 4.79 Å². The summed E-state index contributed by atoms with van der Waals surface area (Å²) in [6, 6.07) is 2.84. The second-order valence-electron chi connectivity index (χ2n) is 7.04. The van der Waals surface area contributed by atoms with Gasteiger partial charge in [0, 0.05) is 0 Å². The number of hydrogen-bond donors (Lipinski definition) is 2. The van der Waals surface area contributed by atoms with Gasteiger partial charge >= 0.3 is 6.03 Å². The van der Waals surface area contributed by atoms with Crippen molar-refractivity contribution in [2.45, 2.75) is 45.1 Å². The lowest BCUT2D eigenvalue weighted by molar-refractivity contribution is -0.136. The normalized spacial score (nSPS) is 25.5. The van der Waals surface area contributed by atoms with Gasteiger partial charge in [-0.1, -0.05) is 49.0 Å². The Bertz CT molecular complexity index is 783. The SMILES string of the molecule is Cc1ccc(Cl)c(NC(=O)CN2C(=O)N[C@]3(CCCC[C@H]3C)C2=O)c1Cl. The minimum absolute atomic E-state index is 0.0430. The van der Waals surface area contributed by atoms with Crippen molar-refractivity contribution in [1.82, 2.24) is 10.2 Å². The van der Waals surface area contributed by atoms with Crippen LogP contribution >= 0.6 is 23.2 Å². The van der Waals surface area contributed by atoms with Crippen LogP contribution in [-0.2, 0) is 9.59 Å². The van der Waals surface area contributed by atoms with Crippen molar-refractivity contribution in [3.8, 4) is 0 Å². The van der Waals surface area contributed by atoms with Gasteiger partial charge in [-0.05, 0) is 37.3 Å². The Kier molecular flexibility index (Phi) is 5.17. The van der Waals surface area contributed by atoms with E-state index in [4.69, 9.17) is 23.2 Å². The minimum atomic E-state index is -0.881. The zero-order chi connectivity index (χ0) is 19.1. The van der Waals surface area contributed by atoms with Crippen molar-refractivity contribution in [3.63, 3.8) is 0 Å². The molecule has 140 valence electrons. The monoisotopic (exact) mass is 397 g/mol. The Morgan fingerprint density at radius 2 is 2.08 bits per heavy atom. The van der Waals surface area contributed by atoms with E-state index in [0.29, 0.717) is 16.5 Å². The molecule has 1 heterocycles. The lowest BCUT2D eigenvalue weighted by Gasteiger charge is -2.36. The molecule has 2 N–H and O–H groups in total. The van der Waals surface area contributed by atoms with Gasteiger partial charge in [0.2, 0.25) is 5.91 Å². The van der Waals surface area contributed by atoms with Crippen LogP contribution in [0.5, 0.6) is 0 Å². The molecule has 1 spiro atoms. The number of amides is 4. The Labute approximate surface area is 162 Å². The second kappa shape index (κ2) is 7.08. The third-order valence-electron chi connectivity index (χ3n) is 5.35. The molecule has 0 unspecified atom stereocenters. The summed E-state index contributed by atoms with van der Waals surface area (Å²) in [4.78, 5) is 38.6. The lowest BCUT2D eigenvalue weighted by Crippen LogP contribution is -2.54. The summed E-state index contributed by atoms with van der Waals surface area (Å²) < 4.78 is 0. The van der Waals surface area contributed by atoms with E-state index in [1.54, 1.807) is 19.1 Å². The molecule has 6 nitrogen and oxygen atoms in total. The zero-order valence-corrected chi connectivity index (χ0v) is 16.2. The van der Waals surface area contributed by atoms with Crippen LogP contribution in [0.3, 0.4) is 0 Å². The van der Waals surface area contributed by atoms with Gasteiger partial charge in [0.15, 0.2) is 0 Å². The van der Waals surface area contributed by atoms with Crippen molar-refractivity contribution in [3.05, 3.63) is 27.7 Å². The van der Waals surface area contributed by atoms with Crippen LogP contribution in [0.4, 0.5) is 10.5 Å². The highest BCUT2D eigenvalue weighted by Crippen LogP contribution is 2.38. The standard InChI is InChI=1S/C18H21Cl2N3O3/c1-10-6-7-12(19)15(14(10)20)21-13(24)9-23-16(25)18(22-17(23)26)8-4-3-5-11(18)2/h6-7,11H,3-5,8-9H2,1-2H3,(H,21,24)(H,22,26)/t11-,18+/m1/s1. The predicted octanol–water partition coefficient (Wildman–Crippen LogP) is 3.74. The fourth-order valence-corrected chi connectivity index (χ4v) is 4.20. The highest BCUT2D eigenvalue weighted by molar-refractivity contribution is 6.40. The molecule has 0 radical (unpaired) electrons. The molecule has 0 bridgehead atoms. The van der Waals surface area contributed by atoms with Crippen LogP contribution in [0.25, 0.3) is 0 Å². The van der Waals surface area contributed by atoms with Gasteiger partial charge in [0.05, 0.1) is 15.7 Å². The number of imide groups is 1.